The summed E-state index contributed by atoms with van der Waals surface area (Å²) in [5.41, 5.74) is -0.0424. The van der Waals surface area contributed by atoms with Gasteiger partial charge in [-0.1, -0.05) is 27.7 Å². The molecule has 1 heterocycles. The van der Waals surface area contributed by atoms with Gasteiger partial charge >= 0.3 is 6.18 Å². The summed E-state index contributed by atoms with van der Waals surface area (Å²) >= 11 is 0. The van der Waals surface area contributed by atoms with Crippen LogP contribution in [0.4, 0.5) is 13.2 Å². The average molecular weight is 323 g/mol. The maximum absolute atomic E-state index is 13.2. The molecule has 2 atom stereocenters. The van der Waals surface area contributed by atoms with Crippen LogP contribution in [0.25, 0.3) is 0 Å². The maximum Gasteiger partial charge on any atom is 0.405 e. The molecule has 0 spiro atoms. The number of nitrogens with one attached hydrogen (secondary N) is 2. The van der Waals surface area contributed by atoms with Gasteiger partial charge in [0.15, 0.2) is 0 Å². The van der Waals surface area contributed by atoms with Crippen LogP contribution >= 0.6 is 0 Å². The first-order chi connectivity index (χ1) is 10.0. The number of halogens is 3. The number of amides is 1. The van der Waals surface area contributed by atoms with Crippen molar-refractivity contribution in [2.45, 2.75) is 46.3 Å². The minimum atomic E-state index is -4.33. The molecule has 4 nitrogen and oxygen atoms in total. The largest absolute Gasteiger partial charge is 0.405 e. The molecule has 0 aromatic rings. The van der Waals surface area contributed by atoms with Crippen molar-refractivity contribution in [3.8, 4) is 0 Å². The molecule has 0 aromatic carbocycles. The molecule has 1 rings (SSSR count). The van der Waals surface area contributed by atoms with Crippen molar-refractivity contribution in [3.05, 3.63) is 0 Å². The zero-order valence-corrected chi connectivity index (χ0v) is 13.9. The van der Waals surface area contributed by atoms with E-state index in [1.165, 1.54) is 4.90 Å². The van der Waals surface area contributed by atoms with Crippen LogP contribution in [0, 0.1) is 11.3 Å². The fraction of sp³-hybridized carbons (Fsp3) is 0.933. The molecule has 1 fully saturated rings. The second-order valence-electron chi connectivity index (χ2n) is 7.12. The van der Waals surface area contributed by atoms with Crippen LogP contribution in [-0.4, -0.2) is 55.7 Å². The molecule has 2 N–H and O–H groups in total. The van der Waals surface area contributed by atoms with Crippen LogP contribution in [0.5, 0.6) is 0 Å². The monoisotopic (exact) mass is 323 g/mol. The van der Waals surface area contributed by atoms with Gasteiger partial charge in [-0.15, -0.1) is 0 Å². The summed E-state index contributed by atoms with van der Waals surface area (Å²) in [5, 5.41) is 5.50. The smallest absolute Gasteiger partial charge is 0.354 e. The highest BCUT2D eigenvalue weighted by atomic mass is 19.4. The number of rotatable bonds is 5. The zero-order chi connectivity index (χ0) is 17.0. The molecule has 0 radical (unpaired) electrons. The lowest BCUT2D eigenvalue weighted by atomic mass is 9.80. The van der Waals surface area contributed by atoms with Crippen molar-refractivity contribution >= 4 is 5.91 Å². The maximum atomic E-state index is 13.2. The lowest BCUT2D eigenvalue weighted by Gasteiger charge is -2.36. The van der Waals surface area contributed by atoms with Crippen LogP contribution in [0.2, 0.25) is 0 Å². The quantitative estimate of drug-likeness (QED) is 0.813. The van der Waals surface area contributed by atoms with Gasteiger partial charge in [-0.25, -0.2) is 0 Å². The summed E-state index contributed by atoms with van der Waals surface area (Å²) in [6.07, 6.45) is -4.09. The topological polar surface area (TPSA) is 44.4 Å². The number of hydrogen-bond acceptors (Lipinski definition) is 3. The summed E-state index contributed by atoms with van der Waals surface area (Å²) < 4.78 is 39.6. The first kappa shape index (κ1) is 19.2. The number of hydrogen-bond donors (Lipinski definition) is 2. The highest BCUT2D eigenvalue weighted by Gasteiger charge is 2.43. The molecule has 130 valence electrons. The van der Waals surface area contributed by atoms with Gasteiger partial charge in [0.05, 0.1) is 0 Å². The number of nitrogens with zero attached hydrogens (tertiary/aromatic N) is 1. The van der Waals surface area contributed by atoms with E-state index in [0.717, 1.165) is 0 Å². The van der Waals surface area contributed by atoms with E-state index in [4.69, 9.17) is 0 Å². The molecule has 0 aliphatic carbocycles. The predicted molar refractivity (Wildman–Crippen MR) is 80.5 cm³/mol. The van der Waals surface area contributed by atoms with Crippen molar-refractivity contribution in [1.29, 1.82) is 0 Å². The number of piperazine rings is 1. The third kappa shape index (κ3) is 6.12. The Labute approximate surface area is 130 Å². The lowest BCUT2D eigenvalue weighted by Crippen LogP contribution is -2.57. The Kier molecular flexibility index (Phi) is 6.67. The summed E-state index contributed by atoms with van der Waals surface area (Å²) in [6.45, 7) is 9.40. The van der Waals surface area contributed by atoms with E-state index in [-0.39, 0.29) is 30.2 Å². The average Bonchev–Trinajstić information content (AvgIpc) is 2.37. The van der Waals surface area contributed by atoms with Crippen LogP contribution < -0.4 is 10.6 Å². The molecule has 2 unspecified atom stereocenters. The molecule has 0 aromatic heterocycles. The van der Waals surface area contributed by atoms with E-state index in [1.807, 2.05) is 27.7 Å². The number of carbonyl (C=O) groups excluding carboxylic acids is 1. The van der Waals surface area contributed by atoms with Crippen molar-refractivity contribution in [1.82, 2.24) is 15.5 Å². The number of alkyl halides is 3. The van der Waals surface area contributed by atoms with Crippen molar-refractivity contribution in [3.63, 3.8) is 0 Å². The Morgan fingerprint density at radius 3 is 2.23 bits per heavy atom. The van der Waals surface area contributed by atoms with Gasteiger partial charge < -0.3 is 10.6 Å². The molecule has 0 bridgehead atoms. The second kappa shape index (κ2) is 7.64. The molecule has 1 aliphatic heterocycles. The van der Waals surface area contributed by atoms with E-state index < -0.39 is 12.2 Å². The predicted octanol–water partition coefficient (Wildman–Crippen LogP) is 2.01. The van der Waals surface area contributed by atoms with E-state index in [2.05, 4.69) is 10.6 Å². The van der Waals surface area contributed by atoms with Gasteiger partial charge in [-0.05, 0) is 11.3 Å². The third-order valence-electron chi connectivity index (χ3n) is 4.43. The standard InChI is InChI=1S/C15H28F3N3O/c1-11(14(2,3)4)9-13(22)20-10-12(15(16,17)18)21-7-5-19-6-8-21/h11-12,19H,5-10H2,1-4H3,(H,20,22). The van der Waals surface area contributed by atoms with Crippen LogP contribution in [0.15, 0.2) is 0 Å². The fourth-order valence-corrected chi connectivity index (χ4v) is 2.31. The van der Waals surface area contributed by atoms with Gasteiger partial charge in [-0.3, -0.25) is 9.69 Å². The van der Waals surface area contributed by atoms with Gasteiger partial charge in [0.1, 0.15) is 6.04 Å². The van der Waals surface area contributed by atoms with Crippen LogP contribution in [0.3, 0.4) is 0 Å². The molecule has 1 saturated heterocycles. The third-order valence-corrected chi connectivity index (χ3v) is 4.43. The van der Waals surface area contributed by atoms with E-state index in [9.17, 15) is 18.0 Å². The van der Waals surface area contributed by atoms with Gasteiger partial charge in [0, 0.05) is 39.1 Å². The van der Waals surface area contributed by atoms with E-state index in [0.29, 0.717) is 26.2 Å². The van der Waals surface area contributed by atoms with Gasteiger partial charge in [0.25, 0.3) is 0 Å². The Morgan fingerprint density at radius 1 is 1.23 bits per heavy atom. The Bertz CT molecular complexity index is 360. The minimum absolute atomic E-state index is 0.0424. The minimum Gasteiger partial charge on any atom is -0.354 e. The highest BCUT2D eigenvalue weighted by Crippen LogP contribution is 2.28. The molecule has 0 saturated carbocycles. The molecule has 7 heteroatoms. The number of carbonyl (C=O) groups is 1. The normalized spacial score (nSPS) is 20.5. The van der Waals surface area contributed by atoms with Crippen LogP contribution in [-0.2, 0) is 4.79 Å². The van der Waals surface area contributed by atoms with E-state index in [1.54, 1.807) is 0 Å². The first-order valence-corrected chi connectivity index (χ1v) is 7.80. The summed E-state index contributed by atoms with van der Waals surface area (Å²) in [7, 11) is 0. The molecule has 22 heavy (non-hydrogen) atoms. The van der Waals surface area contributed by atoms with Crippen molar-refractivity contribution < 1.29 is 18.0 Å². The Morgan fingerprint density at radius 2 is 1.77 bits per heavy atom. The molecular weight excluding hydrogens is 295 g/mol. The Hall–Kier alpha value is -0.820. The van der Waals surface area contributed by atoms with Crippen molar-refractivity contribution in [2.24, 2.45) is 11.3 Å². The first-order valence-electron chi connectivity index (χ1n) is 7.80. The molecule has 1 aliphatic rings. The molecule has 1 amide bonds. The van der Waals surface area contributed by atoms with E-state index >= 15 is 0 Å². The fourth-order valence-electron chi connectivity index (χ4n) is 2.31. The SMILES string of the molecule is CC(CC(=O)NCC(N1CCNCC1)C(F)(F)F)C(C)(C)C. The van der Waals surface area contributed by atoms with Gasteiger partial charge in [0.2, 0.25) is 5.91 Å². The summed E-state index contributed by atoms with van der Waals surface area (Å²) in [6, 6.07) is -1.61. The van der Waals surface area contributed by atoms with Crippen molar-refractivity contribution in [2.75, 3.05) is 32.7 Å². The Balaban J connectivity index is 2.54. The summed E-state index contributed by atoms with van der Waals surface area (Å²) in [4.78, 5) is 13.3. The lowest BCUT2D eigenvalue weighted by molar-refractivity contribution is -0.184. The molecular formula is C15H28F3N3O. The summed E-state index contributed by atoms with van der Waals surface area (Å²) in [5.74, 6) is -0.206. The second-order valence-corrected chi connectivity index (χ2v) is 7.12. The van der Waals surface area contributed by atoms with Gasteiger partial charge in [-0.2, -0.15) is 13.2 Å². The highest BCUT2D eigenvalue weighted by molar-refractivity contribution is 5.76. The van der Waals surface area contributed by atoms with Crippen LogP contribution in [0.1, 0.15) is 34.1 Å². The zero-order valence-electron chi connectivity index (χ0n) is 13.9.